The summed E-state index contributed by atoms with van der Waals surface area (Å²) in [5, 5.41) is 4.76. The first-order valence-corrected chi connectivity index (χ1v) is 10.6. The average Bonchev–Trinajstić information content (AvgIpc) is 2.79. The van der Waals surface area contributed by atoms with Crippen molar-refractivity contribution >= 4 is 16.9 Å². The topological polar surface area (TPSA) is 59.5 Å². The second kappa shape index (κ2) is 9.30. The smallest absolute Gasteiger partial charge is 0.226 e. The maximum atomic E-state index is 5.45. The van der Waals surface area contributed by atoms with Gasteiger partial charge in [-0.05, 0) is 62.6 Å². The van der Waals surface area contributed by atoms with Crippen molar-refractivity contribution in [3.8, 4) is 11.5 Å². The van der Waals surface area contributed by atoms with E-state index < -0.39 is 0 Å². The number of hydrogen-bond donors (Lipinski definition) is 1. The lowest BCUT2D eigenvalue weighted by Crippen LogP contribution is -2.43. The van der Waals surface area contributed by atoms with Crippen LogP contribution in [0.5, 0.6) is 11.5 Å². The summed E-state index contributed by atoms with van der Waals surface area (Å²) < 4.78 is 10.8. The molecule has 0 bridgehead atoms. The van der Waals surface area contributed by atoms with Crippen LogP contribution in [0.25, 0.3) is 10.9 Å². The zero-order valence-corrected chi connectivity index (χ0v) is 18.0. The summed E-state index contributed by atoms with van der Waals surface area (Å²) in [7, 11) is 3.41. The second-order valence-electron chi connectivity index (χ2n) is 7.77. The Morgan fingerprint density at radius 1 is 1.03 bits per heavy atom. The highest BCUT2D eigenvalue weighted by atomic mass is 16.5. The molecule has 2 heterocycles. The van der Waals surface area contributed by atoms with E-state index in [0.29, 0.717) is 6.04 Å². The number of fused-ring (bicyclic) bond motifs is 1. The Labute approximate surface area is 178 Å². The Balaban J connectivity index is 1.33. The third-order valence-electron chi connectivity index (χ3n) is 5.88. The van der Waals surface area contributed by atoms with Crippen LogP contribution in [0.3, 0.4) is 0 Å². The van der Waals surface area contributed by atoms with Crippen LogP contribution >= 0.6 is 0 Å². The van der Waals surface area contributed by atoms with Crippen molar-refractivity contribution < 1.29 is 9.47 Å². The van der Waals surface area contributed by atoms with Gasteiger partial charge >= 0.3 is 0 Å². The minimum atomic E-state index is 0.529. The average molecular weight is 407 g/mol. The molecule has 0 unspecified atom stereocenters. The van der Waals surface area contributed by atoms with Crippen molar-refractivity contribution in [3.63, 3.8) is 0 Å². The van der Waals surface area contributed by atoms with Crippen LogP contribution in [0.2, 0.25) is 0 Å². The van der Waals surface area contributed by atoms with Crippen molar-refractivity contribution in [1.82, 2.24) is 15.3 Å². The minimum Gasteiger partial charge on any atom is -0.497 e. The maximum Gasteiger partial charge on any atom is 0.226 e. The summed E-state index contributed by atoms with van der Waals surface area (Å²) in [6.45, 7) is 4.93. The van der Waals surface area contributed by atoms with Gasteiger partial charge in [0.25, 0.3) is 0 Å². The van der Waals surface area contributed by atoms with Gasteiger partial charge in [-0.25, -0.2) is 9.97 Å². The number of hydrogen-bond acceptors (Lipinski definition) is 6. The summed E-state index contributed by atoms with van der Waals surface area (Å²) in [4.78, 5) is 11.9. The number of anilines is 1. The number of aryl methyl sites for hydroxylation is 1. The number of para-hydroxylation sites is 1. The number of methoxy groups -OCH3 is 2. The van der Waals surface area contributed by atoms with E-state index in [-0.39, 0.29) is 0 Å². The zero-order chi connectivity index (χ0) is 20.9. The zero-order valence-electron chi connectivity index (χ0n) is 18.0. The van der Waals surface area contributed by atoms with Crippen LogP contribution in [0.4, 0.5) is 5.95 Å². The van der Waals surface area contributed by atoms with Crippen LogP contribution in [-0.4, -0.2) is 49.9 Å². The van der Waals surface area contributed by atoms with Crippen molar-refractivity contribution in [2.75, 3.05) is 38.8 Å². The molecule has 1 aromatic heterocycles. The molecule has 3 aromatic rings. The van der Waals surface area contributed by atoms with E-state index >= 15 is 0 Å². The van der Waals surface area contributed by atoms with Gasteiger partial charge in [-0.2, -0.15) is 0 Å². The Bertz CT molecular complexity index is 1000. The lowest BCUT2D eigenvalue weighted by molar-refractivity contribution is 0.400. The number of benzene rings is 2. The lowest BCUT2D eigenvalue weighted by atomic mass is 10.0. The van der Waals surface area contributed by atoms with Crippen LogP contribution in [-0.2, 0) is 6.42 Å². The third-order valence-corrected chi connectivity index (χ3v) is 5.88. The number of rotatable bonds is 7. The maximum absolute atomic E-state index is 5.45. The molecule has 0 amide bonds. The van der Waals surface area contributed by atoms with Gasteiger partial charge in [0.05, 0.1) is 25.4 Å². The van der Waals surface area contributed by atoms with Crippen molar-refractivity contribution in [2.24, 2.45) is 0 Å². The fourth-order valence-corrected chi connectivity index (χ4v) is 4.12. The molecule has 4 rings (SSSR count). The van der Waals surface area contributed by atoms with Crippen LogP contribution in [0, 0.1) is 6.92 Å². The Morgan fingerprint density at radius 2 is 1.83 bits per heavy atom. The van der Waals surface area contributed by atoms with Crippen molar-refractivity contribution in [1.29, 1.82) is 0 Å². The summed E-state index contributed by atoms with van der Waals surface area (Å²) in [6, 6.07) is 14.7. The molecule has 2 aromatic carbocycles. The molecule has 6 heteroatoms. The number of nitrogens with one attached hydrogen (secondary N) is 1. The van der Waals surface area contributed by atoms with E-state index in [1.54, 1.807) is 14.2 Å². The van der Waals surface area contributed by atoms with E-state index in [0.717, 1.165) is 72.9 Å². The van der Waals surface area contributed by atoms with Crippen molar-refractivity contribution in [3.05, 3.63) is 53.7 Å². The quantitative estimate of drug-likeness (QED) is 0.645. The molecule has 0 saturated carbocycles. The van der Waals surface area contributed by atoms with E-state index in [4.69, 9.17) is 19.4 Å². The van der Waals surface area contributed by atoms with Crippen LogP contribution in [0.1, 0.15) is 24.1 Å². The molecule has 1 aliphatic heterocycles. The first-order chi connectivity index (χ1) is 14.7. The molecular formula is C24H30N4O2. The summed E-state index contributed by atoms with van der Waals surface area (Å²) in [5.41, 5.74) is 3.21. The predicted molar refractivity (Wildman–Crippen MR) is 121 cm³/mol. The van der Waals surface area contributed by atoms with E-state index in [1.807, 2.05) is 37.3 Å². The van der Waals surface area contributed by atoms with Crippen molar-refractivity contribution in [2.45, 2.75) is 32.2 Å². The van der Waals surface area contributed by atoms with Gasteiger partial charge in [0.1, 0.15) is 11.5 Å². The molecule has 1 N–H and O–H groups in total. The van der Waals surface area contributed by atoms with Gasteiger partial charge in [-0.1, -0.05) is 18.2 Å². The van der Waals surface area contributed by atoms with E-state index in [9.17, 15) is 0 Å². The van der Waals surface area contributed by atoms with Gasteiger partial charge in [-0.3, -0.25) is 0 Å². The molecule has 1 fully saturated rings. The van der Waals surface area contributed by atoms with Gasteiger partial charge in [0.2, 0.25) is 5.95 Å². The molecule has 1 aliphatic rings. The molecule has 30 heavy (non-hydrogen) atoms. The molecule has 6 nitrogen and oxygen atoms in total. The standard InChI is InChI=1S/C24H30N4O2/c1-17-21-16-20(29-2)8-9-22(21)27-24(26-17)28-14-11-19(12-15-28)25-13-10-18-6-4-5-7-23(18)30-3/h4-9,16,19,25H,10-15H2,1-3H3. The van der Waals surface area contributed by atoms with Gasteiger partial charge < -0.3 is 19.7 Å². The molecule has 0 aliphatic carbocycles. The van der Waals surface area contributed by atoms with Gasteiger partial charge in [0, 0.05) is 24.5 Å². The SMILES string of the molecule is COc1ccc2nc(N3CCC(NCCc4ccccc4OC)CC3)nc(C)c2c1. The Kier molecular flexibility index (Phi) is 6.33. The Morgan fingerprint density at radius 3 is 2.60 bits per heavy atom. The second-order valence-corrected chi connectivity index (χ2v) is 7.77. The van der Waals surface area contributed by atoms with E-state index in [1.165, 1.54) is 5.56 Å². The molecular weight excluding hydrogens is 376 g/mol. The fraction of sp³-hybridized carbons (Fsp3) is 0.417. The molecule has 1 saturated heterocycles. The number of piperidine rings is 1. The first-order valence-electron chi connectivity index (χ1n) is 10.6. The third kappa shape index (κ3) is 4.49. The molecule has 0 atom stereocenters. The minimum absolute atomic E-state index is 0.529. The Hall–Kier alpha value is -2.86. The molecule has 0 spiro atoms. The van der Waals surface area contributed by atoms with Gasteiger partial charge in [0.15, 0.2) is 0 Å². The van der Waals surface area contributed by atoms with Gasteiger partial charge in [-0.15, -0.1) is 0 Å². The summed E-state index contributed by atoms with van der Waals surface area (Å²) >= 11 is 0. The normalized spacial score (nSPS) is 14.8. The highest BCUT2D eigenvalue weighted by molar-refractivity contribution is 5.83. The molecule has 0 radical (unpaired) electrons. The van der Waals surface area contributed by atoms with Crippen LogP contribution in [0.15, 0.2) is 42.5 Å². The largest absolute Gasteiger partial charge is 0.497 e. The summed E-state index contributed by atoms with van der Waals surface area (Å²) in [6.07, 6.45) is 3.16. The van der Waals surface area contributed by atoms with Crippen LogP contribution < -0.4 is 19.7 Å². The monoisotopic (exact) mass is 406 g/mol. The highest BCUT2D eigenvalue weighted by Crippen LogP contribution is 2.25. The molecule has 158 valence electrons. The number of aromatic nitrogens is 2. The number of ether oxygens (including phenoxy) is 2. The highest BCUT2D eigenvalue weighted by Gasteiger charge is 2.21. The fourth-order valence-electron chi connectivity index (χ4n) is 4.12. The van der Waals surface area contributed by atoms with E-state index in [2.05, 4.69) is 22.3 Å². The predicted octanol–water partition coefficient (Wildman–Crippen LogP) is 3.76. The lowest BCUT2D eigenvalue weighted by Gasteiger charge is -2.32. The first kappa shape index (κ1) is 20.4. The summed E-state index contributed by atoms with van der Waals surface area (Å²) in [5.74, 6) is 2.63. The number of nitrogens with zero attached hydrogens (tertiary/aromatic N) is 3.